The summed E-state index contributed by atoms with van der Waals surface area (Å²) in [5.74, 6) is -0.195. The topological polar surface area (TPSA) is 79.4 Å². The summed E-state index contributed by atoms with van der Waals surface area (Å²) in [6.45, 7) is 4.26. The molecule has 0 saturated carbocycles. The van der Waals surface area contributed by atoms with Crippen LogP contribution in [0.2, 0.25) is 0 Å². The summed E-state index contributed by atoms with van der Waals surface area (Å²) in [5, 5.41) is 2.73. The summed E-state index contributed by atoms with van der Waals surface area (Å²) in [5.41, 5.74) is 0.944. The maximum atomic E-state index is 11.7. The molecule has 0 aliphatic carbocycles. The maximum Gasteiger partial charge on any atom is 0.221 e. The molecule has 1 heterocycles. The fraction of sp³-hybridized carbons (Fsp3) is 0.385. The number of nitrogens with one attached hydrogen (secondary N) is 1. The van der Waals surface area contributed by atoms with Gasteiger partial charge < -0.3 is 5.32 Å². The van der Waals surface area contributed by atoms with Crippen LogP contribution in [0.5, 0.6) is 0 Å². The highest BCUT2D eigenvalue weighted by Crippen LogP contribution is 2.00. The number of sulfonamides is 1. The van der Waals surface area contributed by atoms with E-state index in [0.717, 1.165) is 11.8 Å². The van der Waals surface area contributed by atoms with E-state index in [1.807, 2.05) is 0 Å². The van der Waals surface area contributed by atoms with Gasteiger partial charge in [0.2, 0.25) is 15.9 Å². The molecule has 1 amide bonds. The summed E-state index contributed by atoms with van der Waals surface area (Å²) in [6, 6.07) is 3.61. The lowest BCUT2D eigenvalue weighted by Crippen LogP contribution is -2.34. The quantitative estimate of drug-likeness (QED) is 0.710. The normalized spacial score (nSPS) is 11.3. The zero-order chi connectivity index (χ0) is 15.0. The fourth-order valence-electron chi connectivity index (χ4n) is 1.55. The molecule has 1 N–H and O–H groups in total. The van der Waals surface area contributed by atoms with Crippen molar-refractivity contribution in [2.24, 2.45) is 0 Å². The minimum atomic E-state index is -3.32. The standard InChI is InChI=1S/C13H19N3O3S/c1-3-9-16(20(2,18)19)10-6-13(17)15-11-12-4-7-14-8-5-12/h3-5,7-8H,1,6,9-11H2,2H3,(H,15,17). The number of rotatable bonds is 8. The summed E-state index contributed by atoms with van der Waals surface area (Å²) in [4.78, 5) is 15.6. The van der Waals surface area contributed by atoms with Crippen LogP contribution < -0.4 is 5.32 Å². The van der Waals surface area contributed by atoms with Crippen LogP contribution in [0.4, 0.5) is 0 Å². The van der Waals surface area contributed by atoms with Gasteiger partial charge in [0.05, 0.1) is 6.26 Å². The first-order valence-electron chi connectivity index (χ1n) is 6.15. The van der Waals surface area contributed by atoms with E-state index in [1.54, 1.807) is 24.5 Å². The Bertz CT molecular complexity index is 543. The molecule has 0 saturated heterocycles. The van der Waals surface area contributed by atoms with Gasteiger partial charge in [0, 0.05) is 38.4 Å². The van der Waals surface area contributed by atoms with Gasteiger partial charge in [-0.25, -0.2) is 8.42 Å². The molecule has 20 heavy (non-hydrogen) atoms. The third-order valence-corrected chi connectivity index (χ3v) is 3.90. The number of pyridine rings is 1. The van der Waals surface area contributed by atoms with Gasteiger partial charge in [-0.05, 0) is 17.7 Å². The van der Waals surface area contributed by atoms with Crippen LogP contribution >= 0.6 is 0 Å². The van der Waals surface area contributed by atoms with Crippen molar-refractivity contribution in [1.29, 1.82) is 0 Å². The third-order valence-electron chi connectivity index (χ3n) is 2.63. The van der Waals surface area contributed by atoms with Gasteiger partial charge in [-0.2, -0.15) is 4.31 Å². The summed E-state index contributed by atoms with van der Waals surface area (Å²) >= 11 is 0. The average Bonchev–Trinajstić information content (AvgIpc) is 2.41. The van der Waals surface area contributed by atoms with Crippen LogP contribution in [0.3, 0.4) is 0 Å². The van der Waals surface area contributed by atoms with E-state index >= 15 is 0 Å². The lowest BCUT2D eigenvalue weighted by molar-refractivity contribution is -0.121. The van der Waals surface area contributed by atoms with Crippen molar-refractivity contribution in [3.63, 3.8) is 0 Å². The number of aromatic nitrogens is 1. The van der Waals surface area contributed by atoms with Gasteiger partial charge >= 0.3 is 0 Å². The van der Waals surface area contributed by atoms with Gasteiger partial charge in [0.25, 0.3) is 0 Å². The van der Waals surface area contributed by atoms with E-state index in [9.17, 15) is 13.2 Å². The van der Waals surface area contributed by atoms with Crippen molar-refractivity contribution in [3.05, 3.63) is 42.7 Å². The molecule has 1 aromatic rings. The number of hydrogen-bond donors (Lipinski definition) is 1. The van der Waals surface area contributed by atoms with E-state index in [0.29, 0.717) is 6.54 Å². The minimum absolute atomic E-state index is 0.117. The molecule has 7 heteroatoms. The lowest BCUT2D eigenvalue weighted by atomic mass is 10.2. The first-order chi connectivity index (χ1) is 9.43. The fourth-order valence-corrected chi connectivity index (χ4v) is 2.35. The van der Waals surface area contributed by atoms with E-state index < -0.39 is 10.0 Å². The molecule has 0 atom stereocenters. The Kier molecular flexibility index (Phi) is 6.33. The predicted octanol–water partition coefficient (Wildman–Crippen LogP) is 0.535. The highest BCUT2D eigenvalue weighted by Gasteiger charge is 2.16. The molecular formula is C13H19N3O3S. The smallest absolute Gasteiger partial charge is 0.221 e. The first kappa shape index (κ1) is 16.3. The van der Waals surface area contributed by atoms with Gasteiger partial charge in [-0.15, -0.1) is 6.58 Å². The molecule has 1 rings (SSSR count). The highest BCUT2D eigenvalue weighted by atomic mass is 32.2. The second-order valence-corrected chi connectivity index (χ2v) is 6.27. The summed E-state index contributed by atoms with van der Waals surface area (Å²) in [7, 11) is -3.32. The zero-order valence-electron chi connectivity index (χ0n) is 11.4. The summed E-state index contributed by atoms with van der Waals surface area (Å²) in [6.07, 6.45) is 6.03. The number of amides is 1. The summed E-state index contributed by atoms with van der Waals surface area (Å²) < 4.78 is 24.1. The Morgan fingerprint density at radius 3 is 2.65 bits per heavy atom. The number of hydrogen-bond acceptors (Lipinski definition) is 4. The molecule has 1 aromatic heterocycles. The monoisotopic (exact) mass is 297 g/mol. The Hall–Kier alpha value is -1.73. The van der Waals surface area contributed by atoms with Gasteiger partial charge in [-0.1, -0.05) is 6.08 Å². The van der Waals surface area contributed by atoms with E-state index in [4.69, 9.17) is 0 Å². The van der Waals surface area contributed by atoms with Crippen molar-refractivity contribution < 1.29 is 13.2 Å². The van der Waals surface area contributed by atoms with Crippen molar-refractivity contribution in [3.8, 4) is 0 Å². The maximum absolute atomic E-state index is 11.7. The highest BCUT2D eigenvalue weighted by molar-refractivity contribution is 7.88. The van der Waals surface area contributed by atoms with E-state index in [2.05, 4.69) is 16.9 Å². The van der Waals surface area contributed by atoms with Crippen LogP contribution in [0.1, 0.15) is 12.0 Å². The molecular weight excluding hydrogens is 278 g/mol. The molecule has 0 aliphatic heterocycles. The zero-order valence-corrected chi connectivity index (χ0v) is 12.3. The van der Waals surface area contributed by atoms with Crippen LogP contribution in [0.25, 0.3) is 0 Å². The Morgan fingerprint density at radius 2 is 2.10 bits per heavy atom. The van der Waals surface area contributed by atoms with Gasteiger partial charge in [0.1, 0.15) is 0 Å². The lowest BCUT2D eigenvalue weighted by Gasteiger charge is -2.17. The molecule has 0 unspecified atom stereocenters. The van der Waals surface area contributed by atoms with Crippen LogP contribution in [-0.4, -0.2) is 43.0 Å². The molecule has 0 bridgehead atoms. The second kappa shape index (κ2) is 7.76. The predicted molar refractivity (Wildman–Crippen MR) is 77.3 cm³/mol. The van der Waals surface area contributed by atoms with Crippen LogP contribution in [0, 0.1) is 0 Å². The van der Waals surface area contributed by atoms with Crippen molar-refractivity contribution in [2.45, 2.75) is 13.0 Å². The molecule has 110 valence electrons. The number of carbonyl (C=O) groups excluding carboxylic acids is 1. The van der Waals surface area contributed by atoms with E-state index in [-0.39, 0.29) is 25.4 Å². The molecule has 0 fully saturated rings. The van der Waals surface area contributed by atoms with Crippen molar-refractivity contribution >= 4 is 15.9 Å². The average molecular weight is 297 g/mol. The van der Waals surface area contributed by atoms with Gasteiger partial charge in [0.15, 0.2) is 0 Å². The Labute approximate surface area is 119 Å². The minimum Gasteiger partial charge on any atom is -0.352 e. The second-order valence-electron chi connectivity index (χ2n) is 4.29. The molecule has 0 aromatic carbocycles. The van der Waals surface area contributed by atoms with Crippen molar-refractivity contribution in [2.75, 3.05) is 19.3 Å². The van der Waals surface area contributed by atoms with Crippen LogP contribution in [-0.2, 0) is 21.4 Å². The van der Waals surface area contributed by atoms with Crippen molar-refractivity contribution in [1.82, 2.24) is 14.6 Å². The molecule has 0 radical (unpaired) electrons. The third kappa shape index (κ3) is 5.94. The largest absolute Gasteiger partial charge is 0.352 e. The van der Waals surface area contributed by atoms with Gasteiger partial charge in [-0.3, -0.25) is 9.78 Å². The molecule has 0 aliphatic rings. The Morgan fingerprint density at radius 1 is 1.45 bits per heavy atom. The number of nitrogens with zero attached hydrogens (tertiary/aromatic N) is 2. The first-order valence-corrected chi connectivity index (χ1v) is 8.00. The Balaban J connectivity index is 2.40. The molecule has 0 spiro atoms. The van der Waals surface area contributed by atoms with Crippen LogP contribution in [0.15, 0.2) is 37.2 Å². The SMILES string of the molecule is C=CCN(CCC(=O)NCc1ccncc1)S(C)(=O)=O. The molecule has 6 nitrogen and oxygen atoms in total. The number of carbonyl (C=O) groups is 1. The van der Waals surface area contributed by atoms with E-state index in [1.165, 1.54) is 10.4 Å².